The molecule has 1 heterocycles. The Morgan fingerprint density at radius 2 is 2.17 bits per heavy atom. The van der Waals surface area contributed by atoms with Gasteiger partial charge in [0, 0.05) is 12.1 Å². The molecule has 0 spiro atoms. The summed E-state index contributed by atoms with van der Waals surface area (Å²) in [5, 5.41) is 14.4. The number of aromatic nitrogens is 1. The number of pyridine rings is 1. The molecule has 0 aliphatic heterocycles. The molecule has 1 aromatic rings. The number of nitriles is 1. The molecule has 0 aliphatic carbocycles. The van der Waals surface area contributed by atoms with Gasteiger partial charge in [0.1, 0.15) is 16.8 Å². The molecule has 1 rings (SSSR count). The van der Waals surface area contributed by atoms with E-state index in [-0.39, 0.29) is 28.6 Å². The normalized spacial score (nSPS) is 13.6. The minimum atomic E-state index is -0.682. The molecule has 0 fully saturated rings. The van der Waals surface area contributed by atoms with Crippen molar-refractivity contribution in [3.8, 4) is 6.07 Å². The maximum atomic E-state index is 14.0. The van der Waals surface area contributed by atoms with Crippen LogP contribution in [0.2, 0.25) is 5.15 Å². The lowest BCUT2D eigenvalue weighted by atomic mass is 10.1. The van der Waals surface area contributed by atoms with Crippen molar-refractivity contribution in [1.82, 2.24) is 10.3 Å². The van der Waals surface area contributed by atoms with Crippen LogP contribution in [-0.4, -0.2) is 28.8 Å². The number of nitrogens with one attached hydrogen (secondary N) is 2. The molecular formula is C16H22ClFN4O2. The van der Waals surface area contributed by atoms with E-state index in [2.05, 4.69) is 15.6 Å². The summed E-state index contributed by atoms with van der Waals surface area (Å²) in [7, 11) is 0. The fourth-order valence-electron chi connectivity index (χ4n) is 2.00. The molecule has 2 N–H and O–H groups in total. The lowest BCUT2D eigenvalue weighted by molar-refractivity contribution is 0.0503. The second-order valence-corrected chi connectivity index (χ2v) is 6.72. The SMILES string of the molecule is CC[C@H](Nc1nc(Cl)c(C#N)cc1F)[C@H](C)NC(=O)OC(C)(C)C. The number of rotatable bonds is 5. The van der Waals surface area contributed by atoms with Gasteiger partial charge in [-0.2, -0.15) is 5.26 Å². The number of nitrogens with zero attached hydrogens (tertiary/aromatic N) is 2. The summed E-state index contributed by atoms with van der Waals surface area (Å²) >= 11 is 5.83. The van der Waals surface area contributed by atoms with Gasteiger partial charge in [-0.05, 0) is 40.2 Å². The van der Waals surface area contributed by atoms with Gasteiger partial charge in [-0.3, -0.25) is 0 Å². The minimum Gasteiger partial charge on any atom is -0.444 e. The van der Waals surface area contributed by atoms with Crippen LogP contribution in [0.4, 0.5) is 15.0 Å². The Bertz CT molecular complexity index is 640. The molecule has 0 unspecified atom stereocenters. The Kier molecular flexibility index (Phi) is 6.79. The first kappa shape index (κ1) is 20.0. The van der Waals surface area contributed by atoms with Gasteiger partial charge in [0.25, 0.3) is 0 Å². The van der Waals surface area contributed by atoms with E-state index in [4.69, 9.17) is 21.6 Å². The van der Waals surface area contributed by atoms with Crippen LogP contribution in [0, 0.1) is 17.1 Å². The quantitative estimate of drug-likeness (QED) is 0.782. The first-order chi connectivity index (χ1) is 11.1. The van der Waals surface area contributed by atoms with Crippen molar-refractivity contribution in [2.75, 3.05) is 5.32 Å². The standard InChI is InChI=1S/C16H22ClFN4O2/c1-6-12(9(2)20-15(23)24-16(3,4)5)21-14-11(18)7-10(8-19)13(17)22-14/h7,9,12H,6H2,1-5H3,(H,20,23)(H,21,22)/t9-,12-/m0/s1. The Balaban J connectivity index is 2.82. The van der Waals surface area contributed by atoms with E-state index in [1.165, 1.54) is 0 Å². The van der Waals surface area contributed by atoms with E-state index in [1.54, 1.807) is 33.8 Å². The van der Waals surface area contributed by atoms with E-state index in [9.17, 15) is 9.18 Å². The third-order valence-corrected chi connectivity index (χ3v) is 3.45. The summed E-state index contributed by atoms with van der Waals surface area (Å²) in [4.78, 5) is 15.7. The van der Waals surface area contributed by atoms with Crippen molar-refractivity contribution < 1.29 is 13.9 Å². The van der Waals surface area contributed by atoms with Gasteiger partial charge in [0.05, 0.1) is 5.56 Å². The number of halogens is 2. The van der Waals surface area contributed by atoms with Crippen LogP contribution < -0.4 is 10.6 Å². The van der Waals surface area contributed by atoms with Gasteiger partial charge in [-0.15, -0.1) is 0 Å². The van der Waals surface area contributed by atoms with Crippen molar-refractivity contribution in [2.45, 2.75) is 58.7 Å². The van der Waals surface area contributed by atoms with Crippen LogP contribution >= 0.6 is 11.6 Å². The predicted octanol–water partition coefficient (Wildman–Crippen LogP) is 3.85. The molecule has 0 saturated heterocycles. The topological polar surface area (TPSA) is 87.0 Å². The van der Waals surface area contributed by atoms with Crippen LogP contribution in [0.15, 0.2) is 6.07 Å². The van der Waals surface area contributed by atoms with E-state index < -0.39 is 17.5 Å². The Labute approximate surface area is 146 Å². The van der Waals surface area contributed by atoms with Gasteiger partial charge in [0.2, 0.25) is 0 Å². The molecule has 0 radical (unpaired) electrons. The molecule has 1 aromatic heterocycles. The Morgan fingerprint density at radius 1 is 1.54 bits per heavy atom. The summed E-state index contributed by atoms with van der Waals surface area (Å²) in [5.74, 6) is -0.748. The molecule has 132 valence electrons. The van der Waals surface area contributed by atoms with E-state index in [0.717, 1.165) is 6.07 Å². The first-order valence-corrected chi connectivity index (χ1v) is 7.97. The van der Waals surface area contributed by atoms with Crippen LogP contribution in [0.5, 0.6) is 0 Å². The summed E-state index contributed by atoms with van der Waals surface area (Å²) in [5.41, 5.74) is -0.638. The largest absolute Gasteiger partial charge is 0.444 e. The second kappa shape index (κ2) is 8.15. The number of carbonyl (C=O) groups is 1. The zero-order valence-corrected chi connectivity index (χ0v) is 15.2. The number of anilines is 1. The lowest BCUT2D eigenvalue weighted by Gasteiger charge is -2.27. The molecule has 1 amide bonds. The summed E-state index contributed by atoms with van der Waals surface area (Å²) in [6, 6.07) is 2.14. The molecule has 8 heteroatoms. The van der Waals surface area contributed by atoms with Gasteiger partial charge in [0.15, 0.2) is 11.6 Å². The van der Waals surface area contributed by atoms with E-state index in [1.807, 2.05) is 6.92 Å². The molecule has 24 heavy (non-hydrogen) atoms. The highest BCUT2D eigenvalue weighted by Crippen LogP contribution is 2.21. The molecular weight excluding hydrogens is 335 g/mol. The van der Waals surface area contributed by atoms with Crippen LogP contribution in [0.1, 0.15) is 46.6 Å². The Hall–Kier alpha value is -2.07. The molecule has 2 atom stereocenters. The predicted molar refractivity (Wildman–Crippen MR) is 90.5 cm³/mol. The molecule has 0 bridgehead atoms. The zero-order valence-electron chi connectivity index (χ0n) is 14.4. The molecule has 0 aromatic carbocycles. The lowest BCUT2D eigenvalue weighted by Crippen LogP contribution is -2.46. The fourth-order valence-corrected chi connectivity index (χ4v) is 2.18. The third-order valence-electron chi connectivity index (χ3n) is 3.16. The highest BCUT2D eigenvalue weighted by molar-refractivity contribution is 6.30. The third kappa shape index (κ3) is 5.85. The molecule has 0 aliphatic rings. The van der Waals surface area contributed by atoms with Crippen molar-refractivity contribution in [2.24, 2.45) is 0 Å². The number of alkyl carbamates (subject to hydrolysis) is 1. The fraction of sp³-hybridized carbons (Fsp3) is 0.562. The number of hydrogen-bond acceptors (Lipinski definition) is 5. The van der Waals surface area contributed by atoms with Crippen molar-refractivity contribution in [3.63, 3.8) is 0 Å². The second-order valence-electron chi connectivity index (χ2n) is 6.36. The highest BCUT2D eigenvalue weighted by Gasteiger charge is 2.23. The van der Waals surface area contributed by atoms with Crippen LogP contribution in [0.3, 0.4) is 0 Å². The van der Waals surface area contributed by atoms with Gasteiger partial charge in [-0.1, -0.05) is 18.5 Å². The van der Waals surface area contributed by atoms with E-state index >= 15 is 0 Å². The average molecular weight is 357 g/mol. The summed E-state index contributed by atoms with van der Waals surface area (Å²) < 4.78 is 19.2. The van der Waals surface area contributed by atoms with Crippen molar-refractivity contribution in [3.05, 3.63) is 22.6 Å². The minimum absolute atomic E-state index is 0.0345. The average Bonchev–Trinajstić information content (AvgIpc) is 2.45. The summed E-state index contributed by atoms with van der Waals surface area (Å²) in [6.45, 7) is 8.96. The summed E-state index contributed by atoms with van der Waals surface area (Å²) in [6.07, 6.45) is 0.0388. The zero-order chi connectivity index (χ0) is 18.5. The van der Waals surface area contributed by atoms with Crippen LogP contribution in [-0.2, 0) is 4.74 Å². The Morgan fingerprint density at radius 3 is 2.67 bits per heavy atom. The maximum absolute atomic E-state index is 14.0. The van der Waals surface area contributed by atoms with Crippen molar-refractivity contribution in [1.29, 1.82) is 5.26 Å². The highest BCUT2D eigenvalue weighted by atomic mass is 35.5. The number of ether oxygens (including phenoxy) is 1. The number of hydrogen-bond donors (Lipinski definition) is 2. The smallest absolute Gasteiger partial charge is 0.407 e. The van der Waals surface area contributed by atoms with Gasteiger partial charge >= 0.3 is 6.09 Å². The number of carbonyl (C=O) groups excluding carboxylic acids is 1. The van der Waals surface area contributed by atoms with Gasteiger partial charge in [-0.25, -0.2) is 14.2 Å². The van der Waals surface area contributed by atoms with Gasteiger partial charge < -0.3 is 15.4 Å². The van der Waals surface area contributed by atoms with E-state index in [0.29, 0.717) is 6.42 Å². The monoisotopic (exact) mass is 356 g/mol. The number of amides is 1. The maximum Gasteiger partial charge on any atom is 0.407 e. The van der Waals surface area contributed by atoms with Crippen LogP contribution in [0.25, 0.3) is 0 Å². The van der Waals surface area contributed by atoms with Crippen molar-refractivity contribution >= 4 is 23.5 Å². The molecule has 6 nitrogen and oxygen atoms in total. The molecule has 0 saturated carbocycles. The first-order valence-electron chi connectivity index (χ1n) is 7.59.